The van der Waals surface area contributed by atoms with Gasteiger partial charge in [0, 0.05) is 25.4 Å². The summed E-state index contributed by atoms with van der Waals surface area (Å²) >= 11 is 1.58. The van der Waals surface area contributed by atoms with Crippen molar-refractivity contribution in [2.45, 2.75) is 25.9 Å². The molecule has 1 aromatic rings. The van der Waals surface area contributed by atoms with E-state index in [9.17, 15) is 13.2 Å². The molecule has 1 atom stereocenters. The van der Waals surface area contributed by atoms with E-state index in [2.05, 4.69) is 14.9 Å². The molecule has 0 aliphatic rings. The van der Waals surface area contributed by atoms with E-state index in [0.29, 0.717) is 18.7 Å². The van der Waals surface area contributed by atoms with E-state index in [1.807, 2.05) is 6.26 Å². The summed E-state index contributed by atoms with van der Waals surface area (Å²) in [6.07, 6.45) is 5.73. The van der Waals surface area contributed by atoms with Gasteiger partial charge in [0.25, 0.3) is 0 Å². The lowest BCUT2D eigenvalue weighted by atomic mass is 10.2. The molecule has 21 heavy (non-hydrogen) atoms. The van der Waals surface area contributed by atoms with Gasteiger partial charge in [-0.15, -0.1) is 0 Å². The second-order valence-corrected chi connectivity index (χ2v) is 7.68. The van der Waals surface area contributed by atoms with Crippen molar-refractivity contribution in [3.05, 3.63) is 18.0 Å². The normalized spacial score (nSPS) is 13.1. The van der Waals surface area contributed by atoms with Crippen molar-refractivity contribution in [2.24, 2.45) is 0 Å². The van der Waals surface area contributed by atoms with Crippen molar-refractivity contribution in [3.63, 3.8) is 0 Å². The Morgan fingerprint density at radius 2 is 2.29 bits per heavy atom. The van der Waals surface area contributed by atoms with Gasteiger partial charge in [0.1, 0.15) is 6.04 Å². The van der Waals surface area contributed by atoms with Crippen LogP contribution < -0.4 is 4.72 Å². The zero-order valence-corrected chi connectivity index (χ0v) is 14.1. The van der Waals surface area contributed by atoms with E-state index in [1.54, 1.807) is 38.1 Å². The molecule has 1 heterocycles. The quantitative estimate of drug-likeness (QED) is 0.683. The minimum atomic E-state index is -3.41. The van der Waals surface area contributed by atoms with Crippen LogP contribution in [0.15, 0.2) is 12.4 Å². The van der Waals surface area contributed by atoms with Crippen LogP contribution in [0.1, 0.15) is 18.9 Å². The highest BCUT2D eigenvalue weighted by Gasteiger charge is 2.25. The van der Waals surface area contributed by atoms with Gasteiger partial charge in [0.2, 0.25) is 15.9 Å². The molecule has 1 unspecified atom stereocenters. The number of thioether (sulfide) groups is 1. The molecular weight excluding hydrogens is 312 g/mol. The second-order valence-electron chi connectivity index (χ2n) is 4.66. The first kappa shape index (κ1) is 18.0. The maximum atomic E-state index is 12.4. The lowest BCUT2D eigenvalue weighted by Crippen LogP contribution is -2.47. The highest BCUT2D eigenvalue weighted by Crippen LogP contribution is 2.08. The molecular formula is C12H22N4O3S2. The highest BCUT2D eigenvalue weighted by molar-refractivity contribution is 7.98. The van der Waals surface area contributed by atoms with E-state index in [0.717, 1.165) is 5.56 Å². The van der Waals surface area contributed by atoms with Gasteiger partial charge >= 0.3 is 0 Å². The summed E-state index contributed by atoms with van der Waals surface area (Å²) in [5, 5.41) is 6.51. The average Bonchev–Trinajstić information content (AvgIpc) is 2.95. The van der Waals surface area contributed by atoms with Crippen LogP contribution in [0.4, 0.5) is 0 Å². The summed E-state index contributed by atoms with van der Waals surface area (Å²) in [6, 6.07) is -0.723. The minimum absolute atomic E-state index is 0.0402. The van der Waals surface area contributed by atoms with Gasteiger partial charge in [-0.25, -0.2) is 13.1 Å². The number of amides is 1. The van der Waals surface area contributed by atoms with Crippen LogP contribution >= 0.6 is 11.8 Å². The molecule has 0 radical (unpaired) electrons. The summed E-state index contributed by atoms with van der Waals surface area (Å²) in [7, 11) is -1.76. The number of hydrogen-bond donors (Lipinski definition) is 2. The number of rotatable bonds is 9. The van der Waals surface area contributed by atoms with Crippen molar-refractivity contribution >= 4 is 27.7 Å². The van der Waals surface area contributed by atoms with Crippen LogP contribution in [-0.2, 0) is 21.4 Å². The molecule has 1 rings (SSSR count). The average molecular weight is 334 g/mol. The molecule has 0 fully saturated rings. The van der Waals surface area contributed by atoms with E-state index in [4.69, 9.17) is 0 Å². The van der Waals surface area contributed by atoms with Gasteiger partial charge in [-0.05, 0) is 25.4 Å². The van der Waals surface area contributed by atoms with Crippen LogP contribution in [0.25, 0.3) is 0 Å². The van der Waals surface area contributed by atoms with Crippen molar-refractivity contribution in [2.75, 3.05) is 24.8 Å². The fraction of sp³-hybridized carbons (Fsp3) is 0.667. The van der Waals surface area contributed by atoms with E-state index < -0.39 is 16.1 Å². The first-order valence-electron chi connectivity index (χ1n) is 6.61. The van der Waals surface area contributed by atoms with Crippen LogP contribution in [0.3, 0.4) is 0 Å². The molecule has 0 saturated carbocycles. The molecule has 9 heteroatoms. The van der Waals surface area contributed by atoms with Crippen LogP contribution in [-0.4, -0.2) is 60.3 Å². The Hall–Kier alpha value is -1.06. The largest absolute Gasteiger partial charge is 0.340 e. The summed E-state index contributed by atoms with van der Waals surface area (Å²) < 4.78 is 25.9. The molecule has 0 saturated heterocycles. The first-order valence-corrected chi connectivity index (χ1v) is 9.65. The molecule has 2 N–H and O–H groups in total. The highest BCUT2D eigenvalue weighted by atomic mass is 32.2. The van der Waals surface area contributed by atoms with Gasteiger partial charge in [-0.2, -0.15) is 16.9 Å². The van der Waals surface area contributed by atoms with Crippen molar-refractivity contribution < 1.29 is 13.2 Å². The van der Waals surface area contributed by atoms with Crippen LogP contribution in [0, 0.1) is 0 Å². The molecule has 0 aliphatic heterocycles. The molecule has 1 aromatic heterocycles. The molecule has 0 bridgehead atoms. The number of nitrogens with one attached hydrogen (secondary N) is 2. The molecule has 120 valence electrons. The Balaban J connectivity index is 2.73. The van der Waals surface area contributed by atoms with E-state index in [-0.39, 0.29) is 11.7 Å². The Morgan fingerprint density at radius 3 is 2.81 bits per heavy atom. The lowest BCUT2D eigenvalue weighted by Gasteiger charge is -2.24. The maximum absolute atomic E-state index is 12.4. The van der Waals surface area contributed by atoms with Gasteiger partial charge in [-0.1, -0.05) is 0 Å². The number of carbonyl (C=O) groups excluding carboxylic acids is 1. The van der Waals surface area contributed by atoms with Crippen molar-refractivity contribution in [1.82, 2.24) is 19.8 Å². The van der Waals surface area contributed by atoms with Gasteiger partial charge < -0.3 is 4.90 Å². The Bertz CT molecular complexity index is 531. The predicted molar refractivity (Wildman–Crippen MR) is 84.4 cm³/mol. The van der Waals surface area contributed by atoms with Crippen molar-refractivity contribution in [1.29, 1.82) is 0 Å². The Labute approximate surface area is 129 Å². The molecule has 0 aromatic carbocycles. The number of H-pyrrole nitrogens is 1. The zero-order valence-electron chi connectivity index (χ0n) is 12.5. The number of likely N-dealkylation sites (N-methyl/N-ethyl adjacent to an activating group) is 1. The topological polar surface area (TPSA) is 95.2 Å². The fourth-order valence-electron chi connectivity index (χ4n) is 1.75. The minimum Gasteiger partial charge on any atom is -0.340 e. The van der Waals surface area contributed by atoms with E-state index in [1.165, 1.54) is 4.90 Å². The molecule has 0 aliphatic carbocycles. The number of aromatic amines is 1. The lowest BCUT2D eigenvalue weighted by molar-refractivity contribution is -0.132. The summed E-state index contributed by atoms with van der Waals surface area (Å²) in [6.45, 7) is 1.94. The Kier molecular flexibility index (Phi) is 7.20. The summed E-state index contributed by atoms with van der Waals surface area (Å²) in [5.41, 5.74) is 0.868. The first-order chi connectivity index (χ1) is 9.89. The van der Waals surface area contributed by atoms with Gasteiger partial charge in [0.05, 0.1) is 11.9 Å². The SMILES string of the molecule is CCS(=O)(=O)NC(CCSC)C(=O)N(C)Cc1cn[nH]c1. The molecule has 7 nitrogen and oxygen atoms in total. The van der Waals surface area contributed by atoms with Crippen LogP contribution in [0.5, 0.6) is 0 Å². The summed E-state index contributed by atoms with van der Waals surface area (Å²) in [5.74, 6) is 0.436. The summed E-state index contributed by atoms with van der Waals surface area (Å²) in [4.78, 5) is 13.9. The standard InChI is InChI=1S/C12H22N4O3S2/c1-4-21(18,19)15-11(5-6-20-3)12(17)16(2)9-10-7-13-14-8-10/h7-8,11,15H,4-6,9H2,1-3H3,(H,13,14). The maximum Gasteiger partial charge on any atom is 0.240 e. The predicted octanol–water partition coefficient (Wildman–Crippen LogP) is 0.429. The third kappa shape index (κ3) is 6.06. The monoisotopic (exact) mass is 334 g/mol. The Morgan fingerprint density at radius 1 is 1.57 bits per heavy atom. The third-order valence-electron chi connectivity index (χ3n) is 2.96. The number of aromatic nitrogens is 2. The zero-order chi connectivity index (χ0) is 15.9. The number of nitrogens with zero attached hydrogens (tertiary/aromatic N) is 2. The van der Waals surface area contributed by atoms with Gasteiger partial charge in [-0.3, -0.25) is 9.89 Å². The third-order valence-corrected chi connectivity index (χ3v) is 5.01. The second kappa shape index (κ2) is 8.40. The number of sulfonamides is 1. The van der Waals surface area contributed by atoms with Crippen LogP contribution in [0.2, 0.25) is 0 Å². The number of hydrogen-bond acceptors (Lipinski definition) is 5. The smallest absolute Gasteiger partial charge is 0.240 e. The fourth-order valence-corrected chi connectivity index (χ4v) is 3.04. The van der Waals surface area contributed by atoms with E-state index >= 15 is 0 Å². The van der Waals surface area contributed by atoms with Gasteiger partial charge in [0.15, 0.2) is 0 Å². The molecule has 1 amide bonds. The van der Waals surface area contributed by atoms with Crippen molar-refractivity contribution in [3.8, 4) is 0 Å². The number of carbonyl (C=O) groups is 1. The molecule has 0 spiro atoms.